The Kier molecular flexibility index (Phi) is 3.84. The van der Waals surface area contributed by atoms with E-state index in [-0.39, 0.29) is 6.04 Å². The van der Waals surface area contributed by atoms with E-state index in [1.54, 1.807) is 18.2 Å². The number of sulfonamides is 1. The second-order valence-corrected chi connectivity index (χ2v) is 7.77. The van der Waals surface area contributed by atoms with Crippen molar-refractivity contribution in [2.45, 2.75) is 18.4 Å². The molecule has 1 aromatic heterocycles. The normalized spacial score (nSPS) is 20.7. The van der Waals surface area contributed by atoms with E-state index in [2.05, 4.69) is 9.71 Å². The quantitative estimate of drug-likeness (QED) is 0.898. The van der Waals surface area contributed by atoms with Gasteiger partial charge in [0, 0.05) is 28.7 Å². The second-order valence-electron chi connectivity index (χ2n) is 5.59. The zero-order chi connectivity index (χ0) is 15.9. The van der Waals surface area contributed by atoms with Gasteiger partial charge in [-0.05, 0) is 36.2 Å². The molecule has 1 aliphatic rings. The van der Waals surface area contributed by atoms with E-state index in [1.165, 1.54) is 0 Å². The molecule has 22 heavy (non-hydrogen) atoms. The minimum Gasteiger partial charge on any atom is -0.327 e. The number of nitrogens with zero attached hydrogens (tertiary/aromatic N) is 1. The van der Waals surface area contributed by atoms with Gasteiger partial charge in [-0.1, -0.05) is 17.7 Å². The van der Waals surface area contributed by atoms with Crippen molar-refractivity contribution in [3.05, 3.63) is 47.1 Å². The van der Waals surface area contributed by atoms with Crippen molar-refractivity contribution in [1.29, 1.82) is 0 Å². The van der Waals surface area contributed by atoms with Crippen LogP contribution in [0.4, 0.5) is 5.69 Å². The molecule has 0 radical (unpaired) electrons. The maximum absolute atomic E-state index is 11.3. The molecule has 1 aromatic carbocycles. The molecule has 5 nitrogen and oxygen atoms in total. The van der Waals surface area contributed by atoms with Crippen LogP contribution in [-0.2, 0) is 10.0 Å². The summed E-state index contributed by atoms with van der Waals surface area (Å²) in [5.41, 5.74) is 8.87. The molecule has 1 fully saturated rings. The van der Waals surface area contributed by atoms with Gasteiger partial charge in [0.05, 0.1) is 17.6 Å². The van der Waals surface area contributed by atoms with E-state index in [0.717, 1.165) is 29.5 Å². The molecule has 0 bridgehead atoms. The maximum atomic E-state index is 11.3. The number of rotatable bonds is 4. The third-order valence-electron chi connectivity index (χ3n) is 3.55. The number of anilines is 1. The Morgan fingerprint density at radius 3 is 2.59 bits per heavy atom. The second kappa shape index (κ2) is 5.53. The third-order valence-corrected chi connectivity index (χ3v) is 4.38. The number of halogens is 1. The van der Waals surface area contributed by atoms with Crippen LogP contribution in [0.15, 0.2) is 36.5 Å². The van der Waals surface area contributed by atoms with Crippen LogP contribution in [0.1, 0.15) is 17.9 Å². The Bertz CT molecular complexity index is 806. The summed E-state index contributed by atoms with van der Waals surface area (Å²) in [5, 5.41) is 0.443. The summed E-state index contributed by atoms with van der Waals surface area (Å²) in [7, 11) is -3.35. The number of aromatic nitrogens is 1. The Morgan fingerprint density at radius 2 is 2.05 bits per heavy atom. The number of benzene rings is 1. The number of pyridine rings is 1. The van der Waals surface area contributed by atoms with E-state index in [1.807, 2.05) is 18.3 Å². The lowest BCUT2D eigenvalue weighted by atomic mass is 10.1. The van der Waals surface area contributed by atoms with Crippen LogP contribution in [0, 0.1) is 0 Å². The van der Waals surface area contributed by atoms with Gasteiger partial charge in [-0.2, -0.15) is 0 Å². The molecule has 3 rings (SSSR count). The Labute approximate surface area is 134 Å². The van der Waals surface area contributed by atoms with Crippen molar-refractivity contribution in [3.63, 3.8) is 0 Å². The number of nitrogens with one attached hydrogen (secondary N) is 1. The molecule has 2 unspecified atom stereocenters. The number of hydrogen-bond acceptors (Lipinski definition) is 4. The molecule has 0 saturated heterocycles. The molecular weight excluding hydrogens is 322 g/mol. The molecule has 0 amide bonds. The first-order valence-electron chi connectivity index (χ1n) is 6.82. The summed E-state index contributed by atoms with van der Waals surface area (Å²) in [5.74, 6) is 0.406. The third kappa shape index (κ3) is 3.58. The highest BCUT2D eigenvalue weighted by atomic mass is 35.5. The van der Waals surface area contributed by atoms with Crippen molar-refractivity contribution in [2.75, 3.05) is 11.0 Å². The van der Waals surface area contributed by atoms with Crippen molar-refractivity contribution < 1.29 is 8.42 Å². The van der Waals surface area contributed by atoms with E-state index < -0.39 is 10.0 Å². The fourth-order valence-electron chi connectivity index (χ4n) is 2.40. The standard InChI is InChI=1S/C15H16ClN3O2S/c1-22(20,21)19-12-5-10(4-11(16)6-12)15-3-2-9(8-18-15)13-7-14(13)17/h2-6,8,13-14,19H,7,17H2,1H3. The molecule has 7 heteroatoms. The number of hydrogen-bond donors (Lipinski definition) is 2. The SMILES string of the molecule is CS(=O)(=O)Nc1cc(Cl)cc(-c2ccc(C3CC3N)cn2)c1. The van der Waals surface area contributed by atoms with Gasteiger partial charge in [0.1, 0.15) is 0 Å². The summed E-state index contributed by atoms with van der Waals surface area (Å²) in [6, 6.07) is 9.16. The highest BCUT2D eigenvalue weighted by Crippen LogP contribution is 2.39. The summed E-state index contributed by atoms with van der Waals surface area (Å²) in [6.45, 7) is 0. The average Bonchev–Trinajstić information content (AvgIpc) is 3.13. The van der Waals surface area contributed by atoms with Gasteiger partial charge in [0.15, 0.2) is 0 Å². The number of nitrogens with two attached hydrogens (primary N) is 1. The van der Waals surface area contributed by atoms with E-state index >= 15 is 0 Å². The predicted molar refractivity (Wildman–Crippen MR) is 88.5 cm³/mol. The zero-order valence-electron chi connectivity index (χ0n) is 12.0. The highest BCUT2D eigenvalue weighted by Gasteiger charge is 2.34. The molecule has 2 atom stereocenters. The van der Waals surface area contributed by atoms with Gasteiger partial charge in [0.2, 0.25) is 10.0 Å². The molecule has 116 valence electrons. The van der Waals surface area contributed by atoms with Gasteiger partial charge < -0.3 is 5.73 Å². The first-order valence-corrected chi connectivity index (χ1v) is 9.09. The summed E-state index contributed by atoms with van der Waals surface area (Å²) >= 11 is 6.06. The van der Waals surface area contributed by atoms with E-state index in [0.29, 0.717) is 16.6 Å². The molecule has 0 aliphatic heterocycles. The monoisotopic (exact) mass is 337 g/mol. The Balaban J connectivity index is 1.90. The smallest absolute Gasteiger partial charge is 0.229 e. The first kappa shape index (κ1) is 15.3. The minimum absolute atomic E-state index is 0.240. The average molecular weight is 338 g/mol. The van der Waals surface area contributed by atoms with Crippen molar-refractivity contribution in [1.82, 2.24) is 4.98 Å². The van der Waals surface area contributed by atoms with Crippen LogP contribution in [0.2, 0.25) is 5.02 Å². The summed E-state index contributed by atoms with van der Waals surface area (Å²) in [4.78, 5) is 4.43. The summed E-state index contributed by atoms with van der Waals surface area (Å²) < 4.78 is 25.1. The molecule has 1 aliphatic carbocycles. The lowest BCUT2D eigenvalue weighted by molar-refractivity contribution is 0.607. The molecule has 0 spiro atoms. The molecule has 1 heterocycles. The lowest BCUT2D eigenvalue weighted by Gasteiger charge is -2.08. The largest absolute Gasteiger partial charge is 0.327 e. The minimum atomic E-state index is -3.35. The summed E-state index contributed by atoms with van der Waals surface area (Å²) in [6.07, 6.45) is 3.91. The Hall–Kier alpha value is -1.63. The molecule has 3 N–H and O–H groups in total. The van der Waals surface area contributed by atoms with Gasteiger partial charge in [-0.25, -0.2) is 8.42 Å². The molecular formula is C15H16ClN3O2S. The van der Waals surface area contributed by atoms with E-state index in [9.17, 15) is 8.42 Å². The van der Waals surface area contributed by atoms with Crippen LogP contribution in [0.25, 0.3) is 11.3 Å². The van der Waals surface area contributed by atoms with Crippen molar-refractivity contribution >= 4 is 27.3 Å². The van der Waals surface area contributed by atoms with Crippen LogP contribution in [-0.4, -0.2) is 25.7 Å². The topological polar surface area (TPSA) is 85.1 Å². The maximum Gasteiger partial charge on any atom is 0.229 e. The van der Waals surface area contributed by atoms with Crippen molar-refractivity contribution in [3.8, 4) is 11.3 Å². The van der Waals surface area contributed by atoms with Crippen LogP contribution < -0.4 is 10.5 Å². The van der Waals surface area contributed by atoms with Crippen LogP contribution in [0.3, 0.4) is 0 Å². The lowest BCUT2D eigenvalue weighted by Crippen LogP contribution is -2.09. The first-order chi connectivity index (χ1) is 10.3. The molecule has 1 saturated carbocycles. The van der Waals surface area contributed by atoms with Gasteiger partial charge in [0.25, 0.3) is 0 Å². The Morgan fingerprint density at radius 1 is 1.32 bits per heavy atom. The fraction of sp³-hybridized carbons (Fsp3) is 0.267. The van der Waals surface area contributed by atoms with Gasteiger partial charge in [-0.3, -0.25) is 9.71 Å². The van der Waals surface area contributed by atoms with Crippen LogP contribution >= 0.6 is 11.6 Å². The highest BCUT2D eigenvalue weighted by molar-refractivity contribution is 7.92. The van der Waals surface area contributed by atoms with Gasteiger partial charge in [-0.15, -0.1) is 0 Å². The fourth-order valence-corrected chi connectivity index (χ4v) is 3.18. The van der Waals surface area contributed by atoms with E-state index in [4.69, 9.17) is 17.3 Å². The molecule has 2 aromatic rings. The zero-order valence-corrected chi connectivity index (χ0v) is 13.5. The van der Waals surface area contributed by atoms with Crippen molar-refractivity contribution in [2.24, 2.45) is 5.73 Å². The van der Waals surface area contributed by atoms with Gasteiger partial charge >= 0.3 is 0 Å². The van der Waals surface area contributed by atoms with Crippen LogP contribution in [0.5, 0.6) is 0 Å². The predicted octanol–water partition coefficient (Wildman–Crippen LogP) is 2.59.